The molecule has 0 radical (unpaired) electrons. The van der Waals surface area contributed by atoms with Crippen LogP contribution in [0.4, 0.5) is 0 Å². The number of halogens is 1. The van der Waals surface area contributed by atoms with E-state index in [0.29, 0.717) is 4.05 Å². The number of benzene rings is 3. The molecule has 1 aliphatic rings. The minimum Gasteiger partial charge on any atom is -0.357 e. The van der Waals surface area contributed by atoms with Crippen molar-refractivity contribution in [3.8, 4) is 11.1 Å². The number of hydrogen-bond donors (Lipinski definition) is 2. The first-order valence-corrected chi connectivity index (χ1v) is 10.4. The number of fused-ring (bicyclic) bond motifs is 1. The Hall–Kier alpha value is -2.34. The third-order valence-electron chi connectivity index (χ3n) is 4.22. The van der Waals surface area contributed by atoms with Crippen LogP contribution >= 0.6 is 22.6 Å². The predicted molar refractivity (Wildman–Crippen MR) is 123 cm³/mol. The van der Waals surface area contributed by atoms with Gasteiger partial charge in [0, 0.05) is 6.54 Å². The van der Waals surface area contributed by atoms with Gasteiger partial charge >= 0.3 is 0 Å². The average Bonchev–Trinajstić information content (AvgIpc) is 2.89. The highest BCUT2D eigenvalue weighted by atomic mass is 127. The minimum atomic E-state index is 0.291. The third kappa shape index (κ3) is 5.57. The molecule has 0 aromatic heterocycles. The normalized spacial score (nSPS) is 15.2. The lowest BCUT2D eigenvalue weighted by molar-refractivity contribution is 0.841. The molecule has 1 unspecified atom stereocenters. The average molecular weight is 469 g/mol. The van der Waals surface area contributed by atoms with Gasteiger partial charge < -0.3 is 10.6 Å². The van der Waals surface area contributed by atoms with E-state index < -0.39 is 0 Å². The van der Waals surface area contributed by atoms with Crippen LogP contribution in [0.5, 0.6) is 0 Å². The molecule has 0 spiro atoms. The van der Waals surface area contributed by atoms with Gasteiger partial charge in [0.25, 0.3) is 0 Å². The van der Waals surface area contributed by atoms with Crippen LogP contribution in [0.2, 0.25) is 0 Å². The van der Waals surface area contributed by atoms with Gasteiger partial charge in [0.15, 0.2) is 5.96 Å². The Bertz CT molecular complexity index is 826. The second-order valence-corrected chi connectivity index (χ2v) is 7.38. The highest BCUT2D eigenvalue weighted by molar-refractivity contribution is 14.1. The van der Waals surface area contributed by atoms with Crippen molar-refractivity contribution in [3.63, 3.8) is 0 Å². The lowest BCUT2D eigenvalue weighted by Gasteiger charge is -2.14. The molecule has 1 heterocycles. The van der Waals surface area contributed by atoms with Crippen molar-refractivity contribution in [2.75, 3.05) is 6.54 Å². The number of nitrogens with one attached hydrogen (secondary N) is 2. The van der Waals surface area contributed by atoms with E-state index in [1.54, 1.807) is 0 Å². The minimum absolute atomic E-state index is 0.291. The summed E-state index contributed by atoms with van der Waals surface area (Å²) in [6.07, 6.45) is 0. The maximum Gasteiger partial charge on any atom is 0.192 e. The molecule has 0 bridgehead atoms. The fourth-order valence-electron chi connectivity index (χ4n) is 2.87. The maximum atomic E-state index is 4.49. The van der Waals surface area contributed by atoms with Crippen LogP contribution in [0, 0.1) is 0 Å². The number of guanidine groups is 1. The smallest absolute Gasteiger partial charge is 0.192 e. The second kappa shape index (κ2) is 10.1. The standard InChI is InChI=1S/C12H10.C11H14IN3/c1-3-7-11(8-4-1)12-9-5-2-6-10-12;1-2-13-11-14-7-8-5-3-4-6-9(8)10(12)15-11/h1-10H;3-6,10H,2,7H2,1H3,(H2,13,14,15). The van der Waals surface area contributed by atoms with Crippen LogP contribution in [0.25, 0.3) is 11.1 Å². The SMILES string of the molecule is CCNC1=NCc2ccccc2C(I)N1.c1ccc(-c2ccccc2)cc1. The Labute approximate surface area is 175 Å². The Balaban J connectivity index is 0.000000159. The lowest BCUT2D eigenvalue weighted by Crippen LogP contribution is -2.36. The molecule has 3 aromatic rings. The van der Waals surface area contributed by atoms with Crippen molar-refractivity contribution in [2.45, 2.75) is 17.5 Å². The molecular formula is C23H24IN3. The van der Waals surface area contributed by atoms with Crippen LogP contribution in [-0.2, 0) is 6.54 Å². The number of rotatable bonds is 2. The topological polar surface area (TPSA) is 36.4 Å². The first kappa shape index (κ1) is 19.4. The maximum absolute atomic E-state index is 4.49. The van der Waals surface area contributed by atoms with E-state index in [-0.39, 0.29) is 0 Å². The summed E-state index contributed by atoms with van der Waals surface area (Å²) in [6, 6.07) is 29.2. The molecular weight excluding hydrogens is 445 g/mol. The largest absolute Gasteiger partial charge is 0.357 e. The van der Waals surface area contributed by atoms with Gasteiger partial charge in [0.1, 0.15) is 4.05 Å². The summed E-state index contributed by atoms with van der Waals surface area (Å²) < 4.78 is 0.291. The number of hydrogen-bond acceptors (Lipinski definition) is 3. The van der Waals surface area contributed by atoms with E-state index in [0.717, 1.165) is 19.0 Å². The molecule has 27 heavy (non-hydrogen) atoms. The number of alkyl halides is 1. The fourth-order valence-corrected chi connectivity index (χ4v) is 3.77. The molecule has 2 N–H and O–H groups in total. The van der Waals surface area contributed by atoms with Gasteiger partial charge in [-0.2, -0.15) is 0 Å². The quantitative estimate of drug-likeness (QED) is 0.294. The molecule has 138 valence electrons. The van der Waals surface area contributed by atoms with Gasteiger partial charge in [-0.15, -0.1) is 0 Å². The van der Waals surface area contributed by atoms with Crippen LogP contribution in [0.15, 0.2) is 89.9 Å². The van der Waals surface area contributed by atoms with Crippen molar-refractivity contribution < 1.29 is 0 Å². The Morgan fingerprint density at radius 3 is 2.04 bits per heavy atom. The monoisotopic (exact) mass is 469 g/mol. The molecule has 1 atom stereocenters. The van der Waals surface area contributed by atoms with E-state index in [9.17, 15) is 0 Å². The summed E-state index contributed by atoms with van der Waals surface area (Å²) in [5, 5.41) is 6.59. The summed E-state index contributed by atoms with van der Waals surface area (Å²) in [5.74, 6) is 0.896. The summed E-state index contributed by atoms with van der Waals surface area (Å²) in [6.45, 7) is 3.72. The third-order valence-corrected chi connectivity index (χ3v) is 5.21. The van der Waals surface area contributed by atoms with Crippen LogP contribution in [-0.4, -0.2) is 12.5 Å². The molecule has 0 amide bonds. The predicted octanol–water partition coefficient (Wildman–Crippen LogP) is 5.54. The van der Waals surface area contributed by atoms with Crippen molar-refractivity contribution >= 4 is 28.6 Å². The number of nitrogens with zero attached hydrogens (tertiary/aromatic N) is 1. The zero-order valence-electron chi connectivity index (χ0n) is 15.4. The van der Waals surface area contributed by atoms with Crippen molar-refractivity contribution in [1.82, 2.24) is 10.6 Å². The zero-order chi connectivity index (χ0) is 18.9. The molecule has 4 rings (SSSR count). The summed E-state index contributed by atoms with van der Waals surface area (Å²) in [5.41, 5.74) is 5.18. The molecule has 0 saturated carbocycles. The van der Waals surface area contributed by atoms with E-state index in [1.807, 2.05) is 12.1 Å². The van der Waals surface area contributed by atoms with E-state index in [2.05, 4.69) is 118 Å². The second-order valence-electron chi connectivity index (χ2n) is 6.13. The molecule has 4 heteroatoms. The van der Waals surface area contributed by atoms with Gasteiger partial charge in [0.2, 0.25) is 0 Å². The van der Waals surface area contributed by atoms with E-state index in [1.165, 1.54) is 22.3 Å². The molecule has 1 aliphatic heterocycles. The molecule has 0 aliphatic carbocycles. The number of aliphatic imine (C=N–C) groups is 1. The van der Waals surface area contributed by atoms with Gasteiger partial charge in [-0.05, 0) is 29.2 Å². The van der Waals surface area contributed by atoms with Gasteiger partial charge in [0.05, 0.1) is 6.54 Å². The van der Waals surface area contributed by atoms with Crippen molar-refractivity contribution in [1.29, 1.82) is 0 Å². The highest BCUT2D eigenvalue weighted by Gasteiger charge is 2.15. The van der Waals surface area contributed by atoms with Crippen LogP contribution in [0.3, 0.4) is 0 Å². The Morgan fingerprint density at radius 1 is 0.889 bits per heavy atom. The molecule has 3 nitrogen and oxygen atoms in total. The van der Waals surface area contributed by atoms with Crippen LogP contribution in [0.1, 0.15) is 22.1 Å². The highest BCUT2D eigenvalue weighted by Crippen LogP contribution is 2.26. The zero-order valence-corrected chi connectivity index (χ0v) is 17.6. The molecule has 3 aromatic carbocycles. The first-order chi connectivity index (χ1) is 13.3. The molecule has 0 fully saturated rings. The van der Waals surface area contributed by atoms with Gasteiger partial charge in [-0.1, -0.05) is 108 Å². The van der Waals surface area contributed by atoms with Crippen LogP contribution < -0.4 is 10.6 Å². The van der Waals surface area contributed by atoms with Gasteiger partial charge in [-0.25, -0.2) is 4.99 Å². The summed E-state index contributed by atoms with van der Waals surface area (Å²) >= 11 is 2.40. The Morgan fingerprint density at radius 2 is 1.44 bits per heavy atom. The van der Waals surface area contributed by atoms with E-state index >= 15 is 0 Å². The van der Waals surface area contributed by atoms with Crippen molar-refractivity contribution in [2.24, 2.45) is 4.99 Å². The summed E-state index contributed by atoms with van der Waals surface area (Å²) in [7, 11) is 0. The fraction of sp³-hybridized carbons (Fsp3) is 0.174. The molecule has 0 saturated heterocycles. The lowest BCUT2D eigenvalue weighted by atomic mass is 10.1. The van der Waals surface area contributed by atoms with Crippen molar-refractivity contribution in [3.05, 3.63) is 96.1 Å². The van der Waals surface area contributed by atoms with E-state index in [4.69, 9.17) is 0 Å². The summed E-state index contributed by atoms with van der Waals surface area (Å²) in [4.78, 5) is 4.49. The van der Waals surface area contributed by atoms with Gasteiger partial charge in [-0.3, -0.25) is 0 Å². The Kier molecular flexibility index (Phi) is 7.27. The first-order valence-electron chi connectivity index (χ1n) is 9.15.